The number of ketones is 2. The van der Waals surface area contributed by atoms with Crippen molar-refractivity contribution in [2.75, 3.05) is 3.93 Å². The molecule has 0 amide bonds. The number of aryl methyl sites for hydroxylation is 1. The number of aromatic nitrogens is 1. The molecule has 2 aromatic rings. The Bertz CT molecular complexity index is 839. The lowest BCUT2D eigenvalue weighted by Crippen LogP contribution is -2.26. The summed E-state index contributed by atoms with van der Waals surface area (Å²) in [5, 5.41) is 3.91. The van der Waals surface area contributed by atoms with Crippen LogP contribution in [0.4, 0.5) is 5.88 Å². The maximum atomic E-state index is 12.2. The van der Waals surface area contributed by atoms with Crippen molar-refractivity contribution in [3.05, 3.63) is 51.1 Å². The molecule has 22 heavy (non-hydrogen) atoms. The van der Waals surface area contributed by atoms with E-state index in [4.69, 9.17) is 4.52 Å². The predicted molar refractivity (Wildman–Crippen MR) is 89.0 cm³/mol. The number of carbonyl (C=O) groups is 2. The smallest absolute Gasteiger partial charge is 0.245 e. The zero-order valence-corrected chi connectivity index (χ0v) is 14.9. The van der Waals surface area contributed by atoms with Crippen LogP contribution in [0, 0.1) is 13.8 Å². The Kier molecular flexibility index (Phi) is 3.78. The topological polar surface area (TPSA) is 63.4 Å². The zero-order chi connectivity index (χ0) is 16.0. The number of hydrogen-bond acceptors (Lipinski definition) is 5. The van der Waals surface area contributed by atoms with Crippen LogP contribution in [0.25, 0.3) is 5.70 Å². The third-order valence-corrected chi connectivity index (χ3v) is 4.96. The van der Waals surface area contributed by atoms with Gasteiger partial charge < -0.3 is 4.52 Å². The summed E-state index contributed by atoms with van der Waals surface area (Å²) in [6.45, 7) is 3.70. The first-order valence-electron chi connectivity index (χ1n) is 6.40. The Labute approximate surface area is 143 Å². The molecular formula is C15H10Br2N2O3. The van der Waals surface area contributed by atoms with E-state index in [1.165, 1.54) is 0 Å². The fourth-order valence-electron chi connectivity index (χ4n) is 2.22. The fraction of sp³-hybridized carbons (Fsp3) is 0.133. The molecule has 0 N–H and O–H groups in total. The molecule has 1 heterocycles. The highest BCUT2D eigenvalue weighted by Gasteiger charge is 2.35. The second kappa shape index (κ2) is 5.48. The molecule has 0 spiro atoms. The van der Waals surface area contributed by atoms with Crippen LogP contribution in [0.5, 0.6) is 0 Å². The van der Waals surface area contributed by atoms with Crippen LogP contribution in [-0.2, 0) is 4.79 Å². The third kappa shape index (κ3) is 2.16. The molecule has 3 rings (SSSR count). The van der Waals surface area contributed by atoms with Gasteiger partial charge in [-0.3, -0.25) is 9.59 Å². The van der Waals surface area contributed by atoms with Gasteiger partial charge in [-0.05, 0) is 29.8 Å². The van der Waals surface area contributed by atoms with Gasteiger partial charge in [0.15, 0.2) is 0 Å². The Hall–Kier alpha value is -1.73. The highest BCUT2D eigenvalue weighted by Crippen LogP contribution is 2.40. The number of allylic oxidation sites excluding steroid dienone is 1. The van der Waals surface area contributed by atoms with Crippen LogP contribution < -0.4 is 3.93 Å². The molecule has 0 atom stereocenters. The fourth-order valence-corrected chi connectivity index (χ4v) is 3.72. The summed E-state index contributed by atoms with van der Waals surface area (Å²) in [5.41, 5.74) is 3.11. The van der Waals surface area contributed by atoms with Crippen LogP contribution in [0.15, 0.2) is 33.3 Å². The van der Waals surface area contributed by atoms with E-state index in [0.29, 0.717) is 22.7 Å². The monoisotopic (exact) mass is 424 g/mol. The summed E-state index contributed by atoms with van der Waals surface area (Å²) >= 11 is 6.65. The maximum absolute atomic E-state index is 12.2. The normalized spacial score (nSPS) is 14.4. The highest BCUT2D eigenvalue weighted by molar-refractivity contribution is 9.12. The van der Waals surface area contributed by atoms with Gasteiger partial charge in [0.1, 0.15) is 0 Å². The minimum absolute atomic E-state index is 0.182. The minimum Gasteiger partial charge on any atom is -0.337 e. The van der Waals surface area contributed by atoms with Crippen LogP contribution in [0.2, 0.25) is 0 Å². The Morgan fingerprint density at radius 3 is 2.32 bits per heavy atom. The van der Waals surface area contributed by atoms with Gasteiger partial charge in [0, 0.05) is 16.7 Å². The van der Waals surface area contributed by atoms with E-state index >= 15 is 0 Å². The van der Waals surface area contributed by atoms with Crippen LogP contribution in [0.1, 0.15) is 27.2 Å². The summed E-state index contributed by atoms with van der Waals surface area (Å²) < 4.78 is 7.05. The molecule has 112 valence electrons. The standard InChI is InChI=1S/C15H10Br2N2O3/c1-7-8(2)18-22-15(7)19(17)12-9-5-3-4-6-10(9)13(20)14(21)11(12)16/h3-6H,1-2H3. The van der Waals surface area contributed by atoms with Gasteiger partial charge in [-0.25, -0.2) is 3.93 Å². The van der Waals surface area contributed by atoms with Crippen LogP contribution >= 0.6 is 32.1 Å². The SMILES string of the molecule is Cc1noc(N(Br)C2=C(Br)C(=O)C(=O)c3ccccc32)c1C. The number of Topliss-reactive ketones (excluding diaryl/α,β-unsaturated/α-hetero) is 2. The number of rotatable bonds is 2. The number of anilines is 1. The predicted octanol–water partition coefficient (Wildman–Crippen LogP) is 3.94. The van der Waals surface area contributed by atoms with E-state index in [1.807, 2.05) is 19.9 Å². The van der Waals surface area contributed by atoms with E-state index in [2.05, 4.69) is 37.2 Å². The number of benzene rings is 1. The molecule has 1 aromatic heterocycles. The number of fused-ring (bicyclic) bond motifs is 1. The molecule has 1 aliphatic carbocycles. The maximum Gasteiger partial charge on any atom is 0.245 e. The van der Waals surface area contributed by atoms with Gasteiger partial charge in [-0.1, -0.05) is 29.4 Å². The molecule has 0 saturated heterocycles. The average molecular weight is 426 g/mol. The summed E-state index contributed by atoms with van der Waals surface area (Å²) in [6, 6.07) is 6.95. The lowest BCUT2D eigenvalue weighted by atomic mass is 9.92. The van der Waals surface area contributed by atoms with Crippen molar-refractivity contribution >= 4 is 55.2 Å². The molecule has 0 radical (unpaired) electrons. The first-order chi connectivity index (χ1) is 10.4. The van der Waals surface area contributed by atoms with E-state index in [0.717, 1.165) is 11.3 Å². The van der Waals surface area contributed by atoms with Crippen molar-refractivity contribution in [3.63, 3.8) is 0 Å². The lowest BCUT2D eigenvalue weighted by molar-refractivity contribution is -0.111. The first-order valence-corrected chi connectivity index (χ1v) is 7.90. The molecule has 0 fully saturated rings. The van der Waals surface area contributed by atoms with E-state index in [1.54, 1.807) is 22.1 Å². The van der Waals surface area contributed by atoms with E-state index in [-0.39, 0.29) is 4.48 Å². The molecule has 5 nitrogen and oxygen atoms in total. The van der Waals surface area contributed by atoms with Crippen molar-refractivity contribution in [1.29, 1.82) is 0 Å². The summed E-state index contributed by atoms with van der Waals surface area (Å²) in [4.78, 5) is 24.3. The average Bonchev–Trinajstić information content (AvgIpc) is 2.85. The first kappa shape index (κ1) is 15.2. The number of nitrogens with zero attached hydrogens (tertiary/aromatic N) is 2. The quantitative estimate of drug-likeness (QED) is 0.538. The van der Waals surface area contributed by atoms with Gasteiger partial charge in [0.05, 0.1) is 32.0 Å². The highest BCUT2D eigenvalue weighted by atomic mass is 79.9. The molecule has 0 aliphatic heterocycles. The molecular weight excluding hydrogens is 416 g/mol. The van der Waals surface area contributed by atoms with Crippen molar-refractivity contribution in [2.24, 2.45) is 0 Å². The third-order valence-electron chi connectivity index (χ3n) is 3.55. The lowest BCUT2D eigenvalue weighted by Gasteiger charge is -2.24. The second-order valence-corrected chi connectivity index (χ2v) is 6.35. The summed E-state index contributed by atoms with van der Waals surface area (Å²) in [5.74, 6) is -0.661. The molecule has 1 aromatic carbocycles. The van der Waals surface area contributed by atoms with Crippen molar-refractivity contribution < 1.29 is 14.1 Å². The van der Waals surface area contributed by atoms with Gasteiger partial charge in [0.2, 0.25) is 17.5 Å². The second-order valence-electron chi connectivity index (χ2n) is 4.85. The largest absolute Gasteiger partial charge is 0.337 e. The molecule has 7 heteroatoms. The van der Waals surface area contributed by atoms with E-state index in [9.17, 15) is 9.59 Å². The molecule has 0 bridgehead atoms. The van der Waals surface area contributed by atoms with Crippen molar-refractivity contribution in [3.8, 4) is 0 Å². The summed E-state index contributed by atoms with van der Waals surface area (Å²) in [7, 11) is 0. The van der Waals surface area contributed by atoms with E-state index < -0.39 is 11.6 Å². The molecule has 0 saturated carbocycles. The van der Waals surface area contributed by atoms with Gasteiger partial charge in [0.25, 0.3) is 0 Å². The molecule has 1 aliphatic rings. The van der Waals surface area contributed by atoms with Gasteiger partial charge >= 0.3 is 0 Å². The Morgan fingerprint density at radius 1 is 1.09 bits per heavy atom. The van der Waals surface area contributed by atoms with Crippen molar-refractivity contribution in [2.45, 2.75) is 13.8 Å². The van der Waals surface area contributed by atoms with Crippen LogP contribution in [-0.4, -0.2) is 16.7 Å². The van der Waals surface area contributed by atoms with Crippen molar-refractivity contribution in [1.82, 2.24) is 5.16 Å². The Balaban J connectivity index is 2.22. The Morgan fingerprint density at radius 2 is 1.73 bits per heavy atom. The number of halogens is 2. The van der Waals surface area contributed by atoms with Gasteiger partial charge in [-0.15, -0.1) is 0 Å². The minimum atomic E-state index is -0.591. The number of carbonyl (C=O) groups excluding carboxylic acids is 2. The zero-order valence-electron chi connectivity index (χ0n) is 11.7. The summed E-state index contributed by atoms with van der Waals surface area (Å²) in [6.07, 6.45) is 0. The molecule has 0 unspecified atom stereocenters. The van der Waals surface area contributed by atoms with Gasteiger partial charge in [-0.2, -0.15) is 0 Å². The van der Waals surface area contributed by atoms with Crippen LogP contribution in [0.3, 0.4) is 0 Å². The number of hydrogen-bond donors (Lipinski definition) is 0.